The third-order valence-electron chi connectivity index (χ3n) is 3.65. The zero-order valence-corrected chi connectivity index (χ0v) is 13.8. The highest BCUT2D eigenvalue weighted by Gasteiger charge is 2.05. The van der Waals surface area contributed by atoms with Crippen molar-refractivity contribution < 1.29 is 4.79 Å². The van der Waals surface area contributed by atoms with Gasteiger partial charge in [-0.25, -0.2) is 4.79 Å². The van der Waals surface area contributed by atoms with Crippen molar-refractivity contribution in [2.75, 3.05) is 5.32 Å². The molecule has 0 aliphatic heterocycles. The van der Waals surface area contributed by atoms with Gasteiger partial charge in [0.05, 0.1) is 6.54 Å². The first-order chi connectivity index (χ1) is 11.7. The van der Waals surface area contributed by atoms with Crippen LogP contribution in [0.15, 0.2) is 72.9 Å². The van der Waals surface area contributed by atoms with Crippen molar-refractivity contribution in [1.29, 1.82) is 0 Å². The Morgan fingerprint density at radius 2 is 1.71 bits per heavy atom. The summed E-state index contributed by atoms with van der Waals surface area (Å²) in [7, 11) is 0. The lowest BCUT2D eigenvalue weighted by atomic mass is 10.2. The number of benzene rings is 2. The van der Waals surface area contributed by atoms with E-state index in [-0.39, 0.29) is 6.03 Å². The van der Waals surface area contributed by atoms with Crippen LogP contribution >= 0.6 is 11.6 Å². The minimum absolute atomic E-state index is 0.246. The molecule has 3 aromatic rings. The molecule has 0 bridgehead atoms. The largest absolute Gasteiger partial charge is 0.345 e. The normalized spacial score (nSPS) is 10.4. The standard InChI is InChI=1S/C19H18ClN3O/c20-16-8-10-17(11-9-16)22-19(24)21-13-18-7-4-12-23(18)14-15-5-2-1-3-6-15/h1-12H,13-14H2,(H2,21,22,24). The summed E-state index contributed by atoms with van der Waals surface area (Å²) in [5, 5.41) is 6.29. The molecule has 1 heterocycles. The van der Waals surface area contributed by atoms with Gasteiger partial charge in [-0.2, -0.15) is 0 Å². The molecule has 0 saturated carbocycles. The number of carbonyl (C=O) groups is 1. The summed E-state index contributed by atoms with van der Waals surface area (Å²) < 4.78 is 2.12. The smallest absolute Gasteiger partial charge is 0.319 e. The van der Waals surface area contributed by atoms with E-state index in [9.17, 15) is 4.79 Å². The second-order valence-corrected chi connectivity index (χ2v) is 5.86. The minimum atomic E-state index is -0.246. The van der Waals surface area contributed by atoms with Crippen LogP contribution in [-0.2, 0) is 13.1 Å². The quantitative estimate of drug-likeness (QED) is 0.705. The van der Waals surface area contributed by atoms with Gasteiger partial charge in [-0.1, -0.05) is 41.9 Å². The molecule has 0 spiro atoms. The lowest BCUT2D eigenvalue weighted by molar-refractivity contribution is 0.251. The lowest BCUT2D eigenvalue weighted by Gasteiger charge is -2.11. The fourth-order valence-electron chi connectivity index (χ4n) is 2.42. The fraction of sp³-hybridized carbons (Fsp3) is 0.105. The van der Waals surface area contributed by atoms with Crippen LogP contribution in [0.5, 0.6) is 0 Å². The van der Waals surface area contributed by atoms with Crippen molar-refractivity contribution in [3.05, 3.63) is 89.2 Å². The highest BCUT2D eigenvalue weighted by atomic mass is 35.5. The van der Waals surface area contributed by atoms with Gasteiger partial charge in [-0.3, -0.25) is 0 Å². The average molecular weight is 340 g/mol. The second kappa shape index (κ2) is 7.70. The molecule has 2 amide bonds. The average Bonchev–Trinajstić information content (AvgIpc) is 3.03. The van der Waals surface area contributed by atoms with Gasteiger partial charge in [0.1, 0.15) is 0 Å². The SMILES string of the molecule is O=C(NCc1cccn1Cc1ccccc1)Nc1ccc(Cl)cc1. The molecule has 2 N–H and O–H groups in total. The van der Waals surface area contributed by atoms with Crippen molar-refractivity contribution >= 4 is 23.3 Å². The summed E-state index contributed by atoms with van der Waals surface area (Å²) in [6, 6.07) is 21.0. The Bertz CT molecular complexity index is 797. The van der Waals surface area contributed by atoms with Gasteiger partial charge < -0.3 is 15.2 Å². The number of nitrogens with zero attached hydrogens (tertiary/aromatic N) is 1. The van der Waals surface area contributed by atoms with E-state index in [2.05, 4.69) is 27.3 Å². The van der Waals surface area contributed by atoms with E-state index in [1.165, 1.54) is 5.56 Å². The number of carbonyl (C=O) groups excluding carboxylic acids is 1. The number of hydrogen-bond acceptors (Lipinski definition) is 1. The van der Waals surface area contributed by atoms with E-state index >= 15 is 0 Å². The molecule has 0 fully saturated rings. The van der Waals surface area contributed by atoms with Crippen molar-refractivity contribution in [2.24, 2.45) is 0 Å². The van der Waals surface area contributed by atoms with Crippen LogP contribution in [0.2, 0.25) is 5.02 Å². The third kappa shape index (κ3) is 4.40. The summed E-state index contributed by atoms with van der Waals surface area (Å²) in [5.41, 5.74) is 2.97. The molecular formula is C19H18ClN3O. The second-order valence-electron chi connectivity index (χ2n) is 5.43. The Labute approximate surface area is 146 Å². The summed E-state index contributed by atoms with van der Waals surface area (Å²) in [4.78, 5) is 12.0. The number of aromatic nitrogens is 1. The van der Waals surface area contributed by atoms with Crippen molar-refractivity contribution in [3.63, 3.8) is 0 Å². The topological polar surface area (TPSA) is 46.1 Å². The Kier molecular flexibility index (Phi) is 5.18. The summed E-state index contributed by atoms with van der Waals surface area (Å²) in [6.45, 7) is 1.24. The van der Waals surface area contributed by atoms with Crippen LogP contribution in [-0.4, -0.2) is 10.6 Å². The molecule has 24 heavy (non-hydrogen) atoms. The van der Waals surface area contributed by atoms with Crippen molar-refractivity contribution in [2.45, 2.75) is 13.1 Å². The Hall–Kier alpha value is -2.72. The van der Waals surface area contributed by atoms with E-state index in [0.717, 1.165) is 12.2 Å². The molecule has 0 saturated heterocycles. The number of amides is 2. The molecule has 5 heteroatoms. The highest BCUT2D eigenvalue weighted by molar-refractivity contribution is 6.30. The van der Waals surface area contributed by atoms with Crippen LogP contribution in [0, 0.1) is 0 Å². The number of urea groups is 1. The fourth-order valence-corrected chi connectivity index (χ4v) is 2.55. The Morgan fingerprint density at radius 3 is 2.46 bits per heavy atom. The maximum absolute atomic E-state index is 12.0. The number of halogens is 1. The molecule has 3 rings (SSSR count). The summed E-state index contributed by atoms with van der Waals surface area (Å²) in [5.74, 6) is 0. The van der Waals surface area contributed by atoms with Crippen LogP contribution in [0.25, 0.3) is 0 Å². The first kappa shape index (κ1) is 16.1. The van der Waals surface area contributed by atoms with Crippen LogP contribution < -0.4 is 10.6 Å². The number of nitrogens with one attached hydrogen (secondary N) is 2. The third-order valence-corrected chi connectivity index (χ3v) is 3.90. The number of hydrogen-bond donors (Lipinski definition) is 2. The molecule has 0 unspecified atom stereocenters. The van der Waals surface area contributed by atoms with Gasteiger partial charge in [0, 0.05) is 29.1 Å². The van der Waals surface area contributed by atoms with Gasteiger partial charge in [-0.15, -0.1) is 0 Å². The number of anilines is 1. The van der Waals surface area contributed by atoms with Crippen LogP contribution in [0.1, 0.15) is 11.3 Å². The molecule has 122 valence electrons. The molecule has 2 aromatic carbocycles. The van der Waals surface area contributed by atoms with Gasteiger partial charge in [0.15, 0.2) is 0 Å². The lowest BCUT2D eigenvalue weighted by Crippen LogP contribution is -2.29. The Balaban J connectivity index is 1.56. The van der Waals surface area contributed by atoms with E-state index in [1.807, 2.05) is 36.5 Å². The molecule has 0 aliphatic carbocycles. The molecule has 1 aromatic heterocycles. The highest BCUT2D eigenvalue weighted by Crippen LogP contribution is 2.13. The van der Waals surface area contributed by atoms with E-state index in [4.69, 9.17) is 11.6 Å². The van der Waals surface area contributed by atoms with E-state index in [0.29, 0.717) is 17.3 Å². The molecule has 0 aliphatic rings. The van der Waals surface area contributed by atoms with E-state index in [1.54, 1.807) is 24.3 Å². The molecule has 0 radical (unpaired) electrons. The first-order valence-electron chi connectivity index (χ1n) is 7.69. The first-order valence-corrected chi connectivity index (χ1v) is 8.07. The predicted molar refractivity (Wildman–Crippen MR) is 97.3 cm³/mol. The number of rotatable bonds is 5. The zero-order valence-electron chi connectivity index (χ0n) is 13.1. The monoisotopic (exact) mass is 339 g/mol. The molecule has 0 atom stereocenters. The van der Waals surface area contributed by atoms with Gasteiger partial charge >= 0.3 is 6.03 Å². The maximum atomic E-state index is 12.0. The summed E-state index contributed by atoms with van der Waals surface area (Å²) >= 11 is 5.83. The summed E-state index contributed by atoms with van der Waals surface area (Å²) in [6.07, 6.45) is 2.01. The molecule has 4 nitrogen and oxygen atoms in total. The Morgan fingerprint density at radius 1 is 0.958 bits per heavy atom. The maximum Gasteiger partial charge on any atom is 0.319 e. The van der Waals surface area contributed by atoms with Crippen LogP contribution in [0.3, 0.4) is 0 Å². The van der Waals surface area contributed by atoms with Crippen molar-refractivity contribution in [3.8, 4) is 0 Å². The van der Waals surface area contributed by atoms with E-state index < -0.39 is 0 Å². The minimum Gasteiger partial charge on any atom is -0.345 e. The van der Waals surface area contributed by atoms with Gasteiger partial charge in [-0.05, 0) is 42.0 Å². The zero-order chi connectivity index (χ0) is 16.8. The van der Waals surface area contributed by atoms with Gasteiger partial charge in [0.25, 0.3) is 0 Å². The van der Waals surface area contributed by atoms with Crippen LogP contribution in [0.4, 0.5) is 10.5 Å². The predicted octanol–water partition coefficient (Wildman–Crippen LogP) is 4.51. The van der Waals surface area contributed by atoms with Gasteiger partial charge in [0.2, 0.25) is 0 Å². The van der Waals surface area contributed by atoms with Crippen molar-refractivity contribution in [1.82, 2.24) is 9.88 Å². The molecular weight excluding hydrogens is 322 g/mol.